The first-order valence-corrected chi connectivity index (χ1v) is 10.7. The van der Waals surface area contributed by atoms with E-state index in [0.29, 0.717) is 31.0 Å². The van der Waals surface area contributed by atoms with Gasteiger partial charge in [-0.2, -0.15) is 0 Å². The van der Waals surface area contributed by atoms with Crippen molar-refractivity contribution in [1.82, 2.24) is 10.6 Å². The summed E-state index contributed by atoms with van der Waals surface area (Å²) >= 11 is 12.8. The molecule has 0 saturated carbocycles. The van der Waals surface area contributed by atoms with Gasteiger partial charge in [-0.1, -0.05) is 17.7 Å². The summed E-state index contributed by atoms with van der Waals surface area (Å²) in [5.41, 5.74) is 1.71. The van der Waals surface area contributed by atoms with Gasteiger partial charge in [-0.3, -0.25) is 25.0 Å². The highest BCUT2D eigenvalue weighted by Gasteiger charge is 2.27. The SMILES string of the molecule is Cc1ccc(NC(=O)COc2c(Br)cc(C=C3C(=O)NC(=O)NC3=O)cc2Br)cc1Cl. The molecule has 0 aromatic heterocycles. The monoisotopic (exact) mass is 569 g/mol. The molecule has 3 rings (SSSR count). The van der Waals surface area contributed by atoms with Gasteiger partial charge < -0.3 is 10.1 Å². The molecule has 0 aliphatic carbocycles. The summed E-state index contributed by atoms with van der Waals surface area (Å²) in [5.74, 6) is -1.62. The molecule has 0 spiro atoms. The van der Waals surface area contributed by atoms with E-state index in [-0.39, 0.29) is 18.1 Å². The van der Waals surface area contributed by atoms with Crippen molar-refractivity contribution in [3.63, 3.8) is 0 Å². The maximum absolute atomic E-state index is 12.2. The molecule has 11 heteroatoms. The zero-order valence-electron chi connectivity index (χ0n) is 15.8. The lowest BCUT2D eigenvalue weighted by Gasteiger charge is -2.15. The highest BCUT2D eigenvalue weighted by atomic mass is 79.9. The highest BCUT2D eigenvalue weighted by molar-refractivity contribution is 9.11. The van der Waals surface area contributed by atoms with Gasteiger partial charge in [0.2, 0.25) is 0 Å². The molecule has 3 N–H and O–H groups in total. The summed E-state index contributed by atoms with van der Waals surface area (Å²) < 4.78 is 6.55. The summed E-state index contributed by atoms with van der Waals surface area (Å²) in [7, 11) is 0. The fourth-order valence-corrected chi connectivity index (χ4v) is 4.21. The number of imide groups is 2. The minimum Gasteiger partial charge on any atom is -0.481 e. The fourth-order valence-electron chi connectivity index (χ4n) is 2.58. The lowest BCUT2D eigenvalue weighted by Crippen LogP contribution is -2.51. The van der Waals surface area contributed by atoms with Gasteiger partial charge in [0.25, 0.3) is 17.7 Å². The molecular formula is C20H14Br2ClN3O5. The summed E-state index contributed by atoms with van der Waals surface area (Å²) in [6, 6.07) is 7.50. The number of hydrogen-bond acceptors (Lipinski definition) is 5. The van der Waals surface area contributed by atoms with Crippen LogP contribution in [0, 0.1) is 6.92 Å². The molecule has 160 valence electrons. The number of carbonyl (C=O) groups excluding carboxylic acids is 4. The second kappa shape index (κ2) is 9.63. The van der Waals surface area contributed by atoms with E-state index >= 15 is 0 Å². The van der Waals surface area contributed by atoms with Crippen LogP contribution in [0.2, 0.25) is 5.02 Å². The topological polar surface area (TPSA) is 114 Å². The molecule has 2 aromatic rings. The van der Waals surface area contributed by atoms with Gasteiger partial charge in [-0.25, -0.2) is 4.79 Å². The van der Waals surface area contributed by atoms with Gasteiger partial charge >= 0.3 is 6.03 Å². The van der Waals surface area contributed by atoms with Crippen LogP contribution in [0.4, 0.5) is 10.5 Å². The van der Waals surface area contributed by atoms with Crippen molar-refractivity contribution in [1.29, 1.82) is 0 Å². The summed E-state index contributed by atoms with van der Waals surface area (Å²) in [6.07, 6.45) is 1.32. The molecule has 1 saturated heterocycles. The predicted molar refractivity (Wildman–Crippen MR) is 122 cm³/mol. The van der Waals surface area contributed by atoms with E-state index < -0.39 is 17.8 Å². The number of halogens is 3. The zero-order valence-corrected chi connectivity index (χ0v) is 19.8. The van der Waals surface area contributed by atoms with Gasteiger partial charge in [0.05, 0.1) is 8.95 Å². The molecule has 31 heavy (non-hydrogen) atoms. The van der Waals surface area contributed by atoms with Crippen LogP contribution in [0.5, 0.6) is 5.75 Å². The number of ether oxygens (including phenoxy) is 1. The zero-order chi connectivity index (χ0) is 22.7. The maximum Gasteiger partial charge on any atom is 0.328 e. The molecule has 5 amide bonds. The largest absolute Gasteiger partial charge is 0.481 e. The van der Waals surface area contributed by atoms with Crippen molar-refractivity contribution in [2.24, 2.45) is 0 Å². The predicted octanol–water partition coefficient (Wildman–Crippen LogP) is 3.94. The number of barbiturate groups is 1. The first-order chi connectivity index (χ1) is 14.6. The summed E-state index contributed by atoms with van der Waals surface area (Å²) in [4.78, 5) is 47.1. The van der Waals surface area contributed by atoms with Crippen LogP contribution >= 0.6 is 43.5 Å². The van der Waals surface area contributed by atoms with Gasteiger partial charge in [0.15, 0.2) is 6.61 Å². The van der Waals surface area contributed by atoms with Gasteiger partial charge in [0.1, 0.15) is 11.3 Å². The minimum atomic E-state index is -0.871. The lowest BCUT2D eigenvalue weighted by molar-refractivity contribution is -0.124. The number of rotatable bonds is 5. The number of nitrogens with one attached hydrogen (secondary N) is 3. The molecule has 0 atom stereocenters. The number of anilines is 1. The molecule has 1 fully saturated rings. The van der Waals surface area contributed by atoms with Crippen molar-refractivity contribution in [3.8, 4) is 5.75 Å². The Morgan fingerprint density at radius 1 is 1.10 bits per heavy atom. The third-order valence-electron chi connectivity index (χ3n) is 4.08. The molecule has 0 radical (unpaired) electrons. The maximum atomic E-state index is 12.2. The van der Waals surface area contributed by atoms with E-state index in [1.54, 1.807) is 30.3 Å². The van der Waals surface area contributed by atoms with Crippen LogP contribution < -0.4 is 20.7 Å². The normalized spacial score (nSPS) is 13.4. The molecule has 0 unspecified atom stereocenters. The average Bonchev–Trinajstić information content (AvgIpc) is 2.67. The quantitative estimate of drug-likeness (QED) is 0.372. The lowest BCUT2D eigenvalue weighted by atomic mass is 10.1. The van der Waals surface area contributed by atoms with E-state index in [9.17, 15) is 19.2 Å². The Balaban J connectivity index is 1.70. The fraction of sp³-hybridized carbons (Fsp3) is 0.100. The molecule has 2 aromatic carbocycles. The molecule has 1 heterocycles. The Kier molecular flexibility index (Phi) is 7.14. The van der Waals surface area contributed by atoms with Crippen molar-refractivity contribution >= 4 is 79.0 Å². The van der Waals surface area contributed by atoms with E-state index in [2.05, 4.69) is 37.2 Å². The smallest absolute Gasteiger partial charge is 0.328 e. The third-order valence-corrected chi connectivity index (χ3v) is 5.66. The van der Waals surface area contributed by atoms with Crippen LogP contribution in [0.15, 0.2) is 44.9 Å². The molecule has 1 aliphatic rings. The van der Waals surface area contributed by atoms with Crippen molar-refractivity contribution in [3.05, 3.63) is 61.0 Å². The van der Waals surface area contributed by atoms with E-state index in [4.69, 9.17) is 16.3 Å². The number of hydrogen-bond donors (Lipinski definition) is 3. The number of benzene rings is 2. The van der Waals surface area contributed by atoms with Crippen LogP contribution in [0.3, 0.4) is 0 Å². The Morgan fingerprint density at radius 2 is 1.71 bits per heavy atom. The second-order valence-electron chi connectivity index (χ2n) is 6.41. The standard InChI is InChI=1S/C20H14Br2ClN3O5/c1-9-2-3-11(7-15(9)23)24-16(27)8-31-17-13(21)5-10(6-14(17)22)4-12-18(28)25-20(30)26-19(12)29/h2-7H,8H2,1H3,(H,24,27)(H2,25,26,28,29,30). The third kappa shape index (κ3) is 5.72. The average molecular weight is 572 g/mol. The highest BCUT2D eigenvalue weighted by Crippen LogP contribution is 2.35. The molecular weight excluding hydrogens is 557 g/mol. The second-order valence-corrected chi connectivity index (χ2v) is 8.53. The molecule has 1 aliphatic heterocycles. The van der Waals surface area contributed by atoms with Crippen LogP contribution in [0.1, 0.15) is 11.1 Å². The summed E-state index contributed by atoms with van der Waals surface area (Å²) in [5, 5.41) is 7.24. The van der Waals surface area contributed by atoms with Crippen molar-refractivity contribution in [2.75, 3.05) is 11.9 Å². The Morgan fingerprint density at radius 3 is 2.29 bits per heavy atom. The van der Waals surface area contributed by atoms with E-state index in [1.165, 1.54) is 6.08 Å². The van der Waals surface area contributed by atoms with Crippen LogP contribution in [0.25, 0.3) is 6.08 Å². The van der Waals surface area contributed by atoms with Crippen molar-refractivity contribution < 1.29 is 23.9 Å². The van der Waals surface area contributed by atoms with Crippen molar-refractivity contribution in [2.45, 2.75) is 6.92 Å². The Hall–Kier alpha value is -2.69. The van der Waals surface area contributed by atoms with Crippen LogP contribution in [-0.2, 0) is 14.4 Å². The minimum absolute atomic E-state index is 0.219. The number of urea groups is 1. The van der Waals surface area contributed by atoms with Gasteiger partial charge in [-0.05, 0) is 80.3 Å². The Labute approximate surface area is 198 Å². The number of aryl methyl sites for hydroxylation is 1. The number of amides is 5. The number of carbonyl (C=O) groups is 4. The van der Waals surface area contributed by atoms with Gasteiger partial charge in [0, 0.05) is 10.7 Å². The van der Waals surface area contributed by atoms with E-state index in [0.717, 1.165) is 5.56 Å². The molecule has 8 nitrogen and oxygen atoms in total. The first-order valence-electron chi connectivity index (χ1n) is 8.70. The first kappa shape index (κ1) is 23.0. The van der Waals surface area contributed by atoms with Crippen LogP contribution in [-0.4, -0.2) is 30.4 Å². The Bertz CT molecular complexity index is 1100. The summed E-state index contributed by atoms with van der Waals surface area (Å²) in [6.45, 7) is 1.59. The van der Waals surface area contributed by atoms with Gasteiger partial charge in [-0.15, -0.1) is 0 Å². The van der Waals surface area contributed by atoms with E-state index in [1.807, 2.05) is 17.6 Å². The molecule has 0 bridgehead atoms.